The van der Waals surface area contributed by atoms with Gasteiger partial charge in [-0.15, -0.1) is 0 Å². The highest BCUT2D eigenvalue weighted by Crippen LogP contribution is 2.39. The Morgan fingerprint density at radius 1 is 0.929 bits per heavy atom. The van der Waals surface area contributed by atoms with E-state index in [4.69, 9.17) is 12.2 Å². The number of hydrogen-bond acceptors (Lipinski definition) is 3. The molecule has 1 aromatic heterocycles. The number of hydrogen-bond donors (Lipinski definition) is 1. The normalized spacial score (nSPS) is 13.0. The average Bonchev–Trinajstić information content (AvgIpc) is 2.83. The second-order valence-corrected chi connectivity index (χ2v) is 9.72. The monoisotopic (exact) mass is 395 g/mol. The van der Waals surface area contributed by atoms with Crippen LogP contribution in [0.5, 0.6) is 5.75 Å². The van der Waals surface area contributed by atoms with Gasteiger partial charge in [0.25, 0.3) is 0 Å². The molecule has 2 aromatic carbocycles. The van der Waals surface area contributed by atoms with Crippen LogP contribution in [-0.2, 0) is 17.9 Å². The molecule has 0 aliphatic carbocycles. The van der Waals surface area contributed by atoms with Crippen molar-refractivity contribution in [3.63, 3.8) is 0 Å². The predicted molar refractivity (Wildman–Crippen MR) is 120 cm³/mol. The van der Waals surface area contributed by atoms with Crippen molar-refractivity contribution in [1.82, 2.24) is 9.24 Å². The smallest absolute Gasteiger partial charge is 0.201 e. The summed E-state index contributed by atoms with van der Waals surface area (Å²) in [5, 5.41) is 15.6. The summed E-state index contributed by atoms with van der Waals surface area (Å²) in [6.45, 7) is 12.6. The molecule has 0 aliphatic heterocycles. The molecule has 0 radical (unpaired) electrons. The van der Waals surface area contributed by atoms with Crippen molar-refractivity contribution >= 4 is 29.5 Å². The van der Waals surface area contributed by atoms with Crippen molar-refractivity contribution in [3.05, 3.63) is 57.9 Å². The highest BCUT2D eigenvalue weighted by molar-refractivity contribution is 7.71. The van der Waals surface area contributed by atoms with E-state index in [-0.39, 0.29) is 10.8 Å². The summed E-state index contributed by atoms with van der Waals surface area (Å²) in [6, 6.07) is 12.1. The fraction of sp³-hybridized carbons (Fsp3) is 0.391. The van der Waals surface area contributed by atoms with Gasteiger partial charge in [-0.25, -0.2) is 4.68 Å². The van der Waals surface area contributed by atoms with Crippen LogP contribution in [0.15, 0.2) is 41.5 Å². The largest absolute Gasteiger partial charge is 0.507 e. The molecule has 28 heavy (non-hydrogen) atoms. The Bertz CT molecular complexity index is 1090. The first-order valence-electron chi connectivity index (χ1n) is 9.50. The maximum absolute atomic E-state index is 10.9. The van der Waals surface area contributed by atoms with Crippen molar-refractivity contribution in [3.8, 4) is 5.75 Å². The third-order valence-corrected chi connectivity index (χ3v) is 5.46. The van der Waals surface area contributed by atoms with Crippen LogP contribution in [-0.4, -0.2) is 20.6 Å². The van der Waals surface area contributed by atoms with Gasteiger partial charge < -0.3 is 9.67 Å². The van der Waals surface area contributed by atoms with Gasteiger partial charge in [0, 0.05) is 18.2 Å². The molecule has 0 saturated heterocycles. The first kappa shape index (κ1) is 20.3. The van der Waals surface area contributed by atoms with E-state index >= 15 is 0 Å². The predicted octanol–water partition coefficient (Wildman–Crippen LogP) is 5.89. The summed E-state index contributed by atoms with van der Waals surface area (Å²) in [5.41, 5.74) is 4.44. The molecule has 5 heteroatoms. The number of nitrogens with zero attached hydrogens (tertiary/aromatic N) is 3. The molecule has 1 N–H and O–H groups in total. The van der Waals surface area contributed by atoms with Crippen molar-refractivity contribution < 1.29 is 5.11 Å². The van der Waals surface area contributed by atoms with Crippen LogP contribution in [0.2, 0.25) is 0 Å². The second kappa shape index (κ2) is 6.89. The minimum atomic E-state index is -0.177. The number of phenolic OH excluding ortho intramolecular Hbond substituents is 1. The van der Waals surface area contributed by atoms with Crippen molar-refractivity contribution in [2.75, 3.05) is 0 Å². The molecule has 0 fully saturated rings. The zero-order chi connectivity index (χ0) is 20.9. The lowest BCUT2D eigenvalue weighted by molar-refractivity contribution is 0.423. The minimum absolute atomic E-state index is 0.177. The third kappa shape index (κ3) is 3.63. The van der Waals surface area contributed by atoms with Crippen LogP contribution >= 0.6 is 12.2 Å². The van der Waals surface area contributed by atoms with Gasteiger partial charge in [0.2, 0.25) is 4.77 Å². The third-order valence-electron chi connectivity index (χ3n) is 5.01. The molecular formula is C23H29N3OS. The SMILES string of the molecule is Cn1c(=S)n(/N=C\c2cc(C(C)(C)C)c(O)c(C(C)(C)C)c2)c2ccccc21. The van der Waals surface area contributed by atoms with Gasteiger partial charge in [-0.3, -0.25) is 0 Å². The Hall–Kier alpha value is -2.40. The number of imidazole rings is 1. The number of benzene rings is 2. The Morgan fingerprint density at radius 2 is 1.43 bits per heavy atom. The van der Waals surface area contributed by atoms with E-state index < -0.39 is 0 Å². The number of para-hydroxylation sites is 2. The number of fused-ring (bicyclic) bond motifs is 1. The fourth-order valence-electron chi connectivity index (χ4n) is 3.39. The minimum Gasteiger partial charge on any atom is -0.507 e. The highest BCUT2D eigenvalue weighted by Gasteiger charge is 2.26. The maximum atomic E-state index is 10.9. The number of rotatable bonds is 2. The number of aryl methyl sites for hydroxylation is 1. The molecule has 3 aromatic rings. The van der Waals surface area contributed by atoms with Gasteiger partial charge in [0.15, 0.2) is 0 Å². The Morgan fingerprint density at radius 3 is 1.93 bits per heavy atom. The maximum Gasteiger partial charge on any atom is 0.201 e. The van der Waals surface area contributed by atoms with Crippen LogP contribution in [0.1, 0.15) is 58.2 Å². The molecule has 0 bridgehead atoms. The van der Waals surface area contributed by atoms with E-state index in [1.54, 1.807) is 4.68 Å². The van der Waals surface area contributed by atoms with Crippen LogP contribution in [0.4, 0.5) is 0 Å². The van der Waals surface area contributed by atoms with Gasteiger partial charge in [-0.05, 0) is 52.9 Å². The molecule has 0 aliphatic rings. The zero-order valence-electron chi connectivity index (χ0n) is 17.7. The molecular weight excluding hydrogens is 366 g/mol. The van der Waals surface area contributed by atoms with E-state index in [9.17, 15) is 5.11 Å². The molecule has 0 atom stereocenters. The fourth-order valence-corrected chi connectivity index (χ4v) is 3.63. The lowest BCUT2D eigenvalue weighted by Crippen LogP contribution is -2.18. The standard InChI is InChI=1S/C23H29N3OS/c1-22(2,3)16-12-15(13-17(20(16)27)23(4,5)6)14-24-26-19-11-9-8-10-18(19)25(7)21(26)28/h8-14,27H,1-7H3/b24-14-. The molecule has 1 heterocycles. The topological polar surface area (TPSA) is 42.5 Å². The first-order chi connectivity index (χ1) is 12.9. The van der Waals surface area contributed by atoms with Crippen LogP contribution in [0.3, 0.4) is 0 Å². The molecule has 3 rings (SSSR count). The van der Waals surface area contributed by atoms with Gasteiger partial charge in [0.1, 0.15) is 5.75 Å². The molecule has 0 unspecified atom stereocenters. The van der Waals surface area contributed by atoms with Gasteiger partial charge in [-0.2, -0.15) is 5.10 Å². The Kier molecular flexibility index (Phi) is 5.00. The summed E-state index contributed by atoms with van der Waals surface area (Å²) in [5.74, 6) is 0.374. The Labute approximate surface area is 172 Å². The molecule has 148 valence electrons. The Balaban J connectivity index is 2.18. The summed E-state index contributed by atoms with van der Waals surface area (Å²) < 4.78 is 4.38. The van der Waals surface area contributed by atoms with Crippen molar-refractivity contribution in [2.24, 2.45) is 12.1 Å². The van der Waals surface area contributed by atoms with Crippen LogP contribution in [0, 0.1) is 4.77 Å². The van der Waals surface area contributed by atoms with E-state index in [2.05, 4.69) is 46.6 Å². The highest BCUT2D eigenvalue weighted by atomic mass is 32.1. The quantitative estimate of drug-likeness (QED) is 0.434. The summed E-state index contributed by atoms with van der Waals surface area (Å²) in [7, 11) is 1.95. The van der Waals surface area contributed by atoms with E-state index in [0.717, 1.165) is 27.7 Å². The molecule has 0 spiro atoms. The molecule has 0 amide bonds. The summed E-state index contributed by atoms with van der Waals surface area (Å²) in [4.78, 5) is 0. The van der Waals surface area contributed by atoms with E-state index in [0.29, 0.717) is 10.5 Å². The number of aromatic hydroxyl groups is 1. The first-order valence-corrected chi connectivity index (χ1v) is 9.91. The van der Waals surface area contributed by atoms with Crippen molar-refractivity contribution in [1.29, 1.82) is 0 Å². The van der Waals surface area contributed by atoms with Crippen LogP contribution < -0.4 is 0 Å². The number of aromatic nitrogens is 2. The number of phenols is 1. The lowest BCUT2D eigenvalue weighted by atomic mass is 9.78. The van der Waals surface area contributed by atoms with E-state index in [1.807, 2.05) is 54.2 Å². The van der Waals surface area contributed by atoms with Gasteiger partial charge in [-0.1, -0.05) is 53.7 Å². The van der Waals surface area contributed by atoms with Crippen molar-refractivity contribution in [2.45, 2.75) is 52.4 Å². The summed E-state index contributed by atoms with van der Waals surface area (Å²) in [6.07, 6.45) is 1.83. The molecule has 0 saturated carbocycles. The molecule has 4 nitrogen and oxygen atoms in total. The van der Waals surface area contributed by atoms with Crippen LogP contribution in [0.25, 0.3) is 11.0 Å². The average molecular weight is 396 g/mol. The summed E-state index contributed by atoms with van der Waals surface area (Å²) >= 11 is 5.57. The van der Waals surface area contributed by atoms with E-state index in [1.165, 1.54) is 0 Å². The second-order valence-electron chi connectivity index (χ2n) is 9.35. The zero-order valence-corrected chi connectivity index (χ0v) is 18.6. The van der Waals surface area contributed by atoms with Gasteiger partial charge in [0.05, 0.1) is 17.2 Å². The van der Waals surface area contributed by atoms with Gasteiger partial charge >= 0.3 is 0 Å². The lowest BCUT2D eigenvalue weighted by Gasteiger charge is -2.27.